The van der Waals surface area contributed by atoms with Gasteiger partial charge in [0.05, 0.1) is 23.4 Å². The molecule has 3 rings (SSSR count). The zero-order valence-electron chi connectivity index (χ0n) is 9.41. The fraction of sp³-hybridized carbons (Fsp3) is 0.167. The van der Waals surface area contributed by atoms with Gasteiger partial charge in [-0.2, -0.15) is 0 Å². The number of hydrogen-bond donors (Lipinski definition) is 1. The van der Waals surface area contributed by atoms with Crippen LogP contribution in [0.5, 0.6) is 0 Å². The fourth-order valence-corrected chi connectivity index (χ4v) is 2.27. The van der Waals surface area contributed by atoms with Crippen molar-refractivity contribution in [1.82, 2.24) is 9.97 Å². The van der Waals surface area contributed by atoms with Crippen LogP contribution in [-0.4, -0.2) is 14.9 Å². The molecule has 0 saturated heterocycles. The number of nitrogens with two attached hydrogens (primary N) is 1. The molecule has 6 heteroatoms. The Hall–Kier alpha value is -2.50. The van der Waals surface area contributed by atoms with Gasteiger partial charge in [-0.15, -0.1) is 0 Å². The number of hydrogen-bond acceptors (Lipinski definition) is 5. The third kappa shape index (κ3) is 1.50. The van der Waals surface area contributed by atoms with E-state index in [1.807, 2.05) is 6.07 Å². The number of anilines is 1. The molecule has 90 valence electrons. The van der Waals surface area contributed by atoms with Crippen molar-refractivity contribution in [2.75, 3.05) is 5.73 Å². The highest BCUT2D eigenvalue weighted by Gasteiger charge is 2.34. The molecule has 0 radical (unpaired) electrons. The number of nitrogen functional groups attached to an aromatic ring is 1. The first-order valence-corrected chi connectivity index (χ1v) is 5.51. The minimum Gasteiger partial charge on any atom is -0.384 e. The van der Waals surface area contributed by atoms with Crippen molar-refractivity contribution in [3.63, 3.8) is 0 Å². The van der Waals surface area contributed by atoms with Crippen molar-refractivity contribution in [3.05, 3.63) is 51.8 Å². The van der Waals surface area contributed by atoms with E-state index in [9.17, 15) is 10.1 Å². The van der Waals surface area contributed by atoms with Gasteiger partial charge in [0.25, 0.3) is 0 Å². The molecule has 0 aromatic carbocycles. The summed E-state index contributed by atoms with van der Waals surface area (Å²) in [6.07, 6.45) is 1.93. The van der Waals surface area contributed by atoms with Crippen molar-refractivity contribution in [2.24, 2.45) is 0 Å². The molecule has 0 saturated carbocycles. The van der Waals surface area contributed by atoms with Crippen molar-refractivity contribution in [2.45, 2.75) is 12.5 Å². The molecule has 0 fully saturated rings. The average Bonchev–Trinajstić information content (AvgIpc) is 2.37. The molecule has 2 aromatic rings. The van der Waals surface area contributed by atoms with Crippen molar-refractivity contribution in [3.8, 4) is 11.3 Å². The number of fused-ring (bicyclic) bond motifs is 3. The average molecular weight is 242 g/mol. The molecule has 0 amide bonds. The van der Waals surface area contributed by atoms with E-state index >= 15 is 0 Å². The number of nitro groups is 1. The van der Waals surface area contributed by atoms with Gasteiger partial charge in [0.15, 0.2) is 0 Å². The maximum absolute atomic E-state index is 11.1. The lowest BCUT2D eigenvalue weighted by atomic mass is 9.89. The van der Waals surface area contributed by atoms with Gasteiger partial charge in [0.1, 0.15) is 5.82 Å². The van der Waals surface area contributed by atoms with Crippen LogP contribution in [0.4, 0.5) is 5.82 Å². The second kappa shape index (κ2) is 3.76. The molecule has 0 bridgehead atoms. The van der Waals surface area contributed by atoms with E-state index in [0.717, 1.165) is 5.56 Å². The van der Waals surface area contributed by atoms with Crippen molar-refractivity contribution >= 4 is 5.82 Å². The molecule has 2 N–H and O–H groups in total. The van der Waals surface area contributed by atoms with E-state index in [-0.39, 0.29) is 4.92 Å². The second-order valence-corrected chi connectivity index (χ2v) is 4.18. The Morgan fingerprint density at radius 2 is 2.22 bits per heavy atom. The molecule has 1 atom stereocenters. The van der Waals surface area contributed by atoms with E-state index in [1.165, 1.54) is 0 Å². The highest BCUT2D eigenvalue weighted by Crippen LogP contribution is 2.37. The Morgan fingerprint density at radius 1 is 1.39 bits per heavy atom. The van der Waals surface area contributed by atoms with Crippen LogP contribution in [0.1, 0.15) is 17.3 Å². The molecular weight excluding hydrogens is 232 g/mol. The maximum atomic E-state index is 11.1. The van der Waals surface area contributed by atoms with Crippen LogP contribution in [-0.2, 0) is 6.42 Å². The lowest BCUT2D eigenvalue weighted by molar-refractivity contribution is -0.528. The van der Waals surface area contributed by atoms with E-state index in [2.05, 4.69) is 9.97 Å². The Kier molecular flexibility index (Phi) is 2.22. The van der Waals surface area contributed by atoms with Gasteiger partial charge in [-0.05, 0) is 24.3 Å². The van der Waals surface area contributed by atoms with Gasteiger partial charge in [0, 0.05) is 16.7 Å². The SMILES string of the molecule is Nc1ccc2c(n1)-c1cccnc1CC2[N+](=O)[O-]. The summed E-state index contributed by atoms with van der Waals surface area (Å²) in [6.45, 7) is 0. The van der Waals surface area contributed by atoms with Gasteiger partial charge in [-0.1, -0.05) is 0 Å². The fourth-order valence-electron chi connectivity index (χ4n) is 2.27. The number of rotatable bonds is 1. The van der Waals surface area contributed by atoms with E-state index in [0.29, 0.717) is 29.2 Å². The van der Waals surface area contributed by atoms with Crippen molar-refractivity contribution < 1.29 is 4.92 Å². The van der Waals surface area contributed by atoms with Crippen LogP contribution >= 0.6 is 0 Å². The Bertz CT molecular complexity index is 642. The van der Waals surface area contributed by atoms with Gasteiger partial charge < -0.3 is 5.73 Å². The van der Waals surface area contributed by atoms with E-state index in [4.69, 9.17) is 5.73 Å². The first-order valence-electron chi connectivity index (χ1n) is 5.51. The summed E-state index contributed by atoms with van der Waals surface area (Å²) >= 11 is 0. The van der Waals surface area contributed by atoms with Crippen LogP contribution in [0.25, 0.3) is 11.3 Å². The van der Waals surface area contributed by atoms with Crippen LogP contribution in [0.15, 0.2) is 30.5 Å². The highest BCUT2D eigenvalue weighted by atomic mass is 16.6. The molecule has 18 heavy (non-hydrogen) atoms. The van der Waals surface area contributed by atoms with E-state index < -0.39 is 6.04 Å². The summed E-state index contributed by atoms with van der Waals surface area (Å²) in [4.78, 5) is 19.2. The van der Waals surface area contributed by atoms with E-state index in [1.54, 1.807) is 24.4 Å². The molecule has 6 nitrogen and oxygen atoms in total. The number of pyridine rings is 2. The molecule has 1 aliphatic rings. The smallest absolute Gasteiger partial charge is 0.245 e. The summed E-state index contributed by atoms with van der Waals surface area (Å²) in [5.41, 5.74) is 8.37. The molecule has 2 heterocycles. The standard InChI is InChI=1S/C12H10N4O2/c13-11-4-3-8-10(16(17)18)6-9-7(12(8)15-11)2-1-5-14-9/h1-5,10H,6H2,(H2,13,15). The summed E-state index contributed by atoms with van der Waals surface area (Å²) in [5, 5.41) is 11.1. The van der Waals surface area contributed by atoms with Gasteiger partial charge in [0.2, 0.25) is 6.04 Å². The largest absolute Gasteiger partial charge is 0.384 e. The first-order chi connectivity index (χ1) is 8.66. The maximum Gasteiger partial charge on any atom is 0.245 e. The van der Waals surface area contributed by atoms with Crippen LogP contribution in [0.2, 0.25) is 0 Å². The monoisotopic (exact) mass is 242 g/mol. The van der Waals surface area contributed by atoms with Gasteiger partial charge in [-0.3, -0.25) is 15.1 Å². The van der Waals surface area contributed by atoms with Crippen LogP contribution in [0.3, 0.4) is 0 Å². The summed E-state index contributed by atoms with van der Waals surface area (Å²) in [7, 11) is 0. The normalized spacial score (nSPS) is 16.8. The lowest BCUT2D eigenvalue weighted by Crippen LogP contribution is -2.20. The second-order valence-electron chi connectivity index (χ2n) is 4.18. The predicted octanol–water partition coefficient (Wildman–Crippen LogP) is 1.60. The Morgan fingerprint density at radius 3 is 3.00 bits per heavy atom. The topological polar surface area (TPSA) is 94.9 Å². The summed E-state index contributed by atoms with van der Waals surface area (Å²) in [6, 6.07) is 6.14. The summed E-state index contributed by atoms with van der Waals surface area (Å²) < 4.78 is 0. The Balaban J connectivity index is 2.28. The zero-order valence-corrected chi connectivity index (χ0v) is 9.41. The lowest BCUT2D eigenvalue weighted by Gasteiger charge is -2.20. The zero-order chi connectivity index (χ0) is 12.7. The quantitative estimate of drug-likeness (QED) is 0.605. The first kappa shape index (κ1) is 10.6. The van der Waals surface area contributed by atoms with Gasteiger partial charge in [-0.25, -0.2) is 4.98 Å². The molecule has 1 unspecified atom stereocenters. The Labute approximate surface area is 103 Å². The van der Waals surface area contributed by atoms with Gasteiger partial charge >= 0.3 is 0 Å². The van der Waals surface area contributed by atoms with Crippen molar-refractivity contribution in [1.29, 1.82) is 0 Å². The molecule has 2 aromatic heterocycles. The predicted molar refractivity (Wildman–Crippen MR) is 65.3 cm³/mol. The highest BCUT2D eigenvalue weighted by molar-refractivity contribution is 5.69. The van der Waals surface area contributed by atoms with Crippen LogP contribution in [0, 0.1) is 10.1 Å². The molecule has 1 aliphatic carbocycles. The number of aromatic nitrogens is 2. The minimum absolute atomic E-state index is 0.293. The third-order valence-corrected chi connectivity index (χ3v) is 3.09. The number of nitrogens with zero attached hydrogens (tertiary/aromatic N) is 3. The molecule has 0 aliphatic heterocycles. The van der Waals surface area contributed by atoms with Crippen LogP contribution < -0.4 is 5.73 Å². The molecular formula is C12H10N4O2. The molecule has 0 spiro atoms. The summed E-state index contributed by atoms with van der Waals surface area (Å²) in [5.74, 6) is 0.354. The minimum atomic E-state index is -0.796. The third-order valence-electron chi connectivity index (χ3n) is 3.09.